The second kappa shape index (κ2) is 9.53. The molecule has 1 aliphatic rings. The summed E-state index contributed by atoms with van der Waals surface area (Å²) in [5, 5.41) is 5.16. The fourth-order valence-electron chi connectivity index (χ4n) is 3.05. The van der Waals surface area contributed by atoms with Crippen molar-refractivity contribution in [3.63, 3.8) is 0 Å². The number of benzene rings is 2. The minimum Gasteiger partial charge on any atom is -0.493 e. The molecule has 0 amide bonds. The molecule has 0 fully saturated rings. The van der Waals surface area contributed by atoms with Gasteiger partial charge in [0.05, 0.1) is 27.2 Å². The van der Waals surface area contributed by atoms with E-state index in [0.29, 0.717) is 37.1 Å². The zero-order valence-electron chi connectivity index (χ0n) is 15.7. The Bertz CT molecular complexity index is 843. The van der Waals surface area contributed by atoms with Crippen molar-refractivity contribution in [3.05, 3.63) is 35.9 Å². The van der Waals surface area contributed by atoms with E-state index in [1.807, 2.05) is 30.3 Å². The maximum absolute atomic E-state index is 12.4. The number of ether oxygens (including phenoxy) is 2. The molecule has 0 spiro atoms. The Morgan fingerprint density at radius 3 is 2.39 bits per heavy atom. The van der Waals surface area contributed by atoms with E-state index in [9.17, 15) is 13.2 Å². The Balaban J connectivity index is 0.00000280. The van der Waals surface area contributed by atoms with Crippen LogP contribution in [0.1, 0.15) is 12.0 Å². The van der Waals surface area contributed by atoms with E-state index in [0.717, 1.165) is 16.3 Å². The van der Waals surface area contributed by atoms with Crippen LogP contribution in [0.3, 0.4) is 0 Å². The minimum absolute atomic E-state index is 0. The number of aliphatic imine (C=N–C) groups is 1. The van der Waals surface area contributed by atoms with Gasteiger partial charge < -0.3 is 19.7 Å². The molecule has 0 atom stereocenters. The molecular formula is C19H23F3IN3O2. The van der Waals surface area contributed by atoms with E-state index in [-0.39, 0.29) is 30.5 Å². The number of fused-ring (bicyclic) bond motifs is 1. The highest BCUT2D eigenvalue weighted by molar-refractivity contribution is 14.0. The summed E-state index contributed by atoms with van der Waals surface area (Å²) in [6, 6.07) is 9.77. The van der Waals surface area contributed by atoms with Gasteiger partial charge >= 0.3 is 6.18 Å². The summed E-state index contributed by atoms with van der Waals surface area (Å²) in [5.74, 6) is 1.83. The van der Waals surface area contributed by atoms with Crippen LogP contribution in [0.4, 0.5) is 13.2 Å². The van der Waals surface area contributed by atoms with Gasteiger partial charge in [0.2, 0.25) is 0 Å². The third kappa shape index (κ3) is 5.55. The van der Waals surface area contributed by atoms with Crippen LogP contribution in [-0.4, -0.2) is 50.9 Å². The third-order valence-corrected chi connectivity index (χ3v) is 4.45. The minimum atomic E-state index is -4.16. The maximum atomic E-state index is 12.4. The molecular weight excluding hydrogens is 486 g/mol. The van der Waals surface area contributed by atoms with E-state index in [1.165, 1.54) is 0 Å². The third-order valence-electron chi connectivity index (χ3n) is 4.45. The monoisotopic (exact) mass is 509 g/mol. The number of nitrogens with zero attached hydrogens (tertiary/aromatic N) is 2. The Morgan fingerprint density at radius 2 is 1.75 bits per heavy atom. The average molecular weight is 509 g/mol. The summed E-state index contributed by atoms with van der Waals surface area (Å²) >= 11 is 0. The van der Waals surface area contributed by atoms with E-state index in [2.05, 4.69) is 10.3 Å². The highest BCUT2D eigenvalue weighted by atomic mass is 127. The van der Waals surface area contributed by atoms with Crippen LogP contribution in [0, 0.1) is 0 Å². The number of guanidine groups is 1. The van der Waals surface area contributed by atoms with Gasteiger partial charge in [-0.05, 0) is 34.5 Å². The topological polar surface area (TPSA) is 46.1 Å². The quantitative estimate of drug-likeness (QED) is 0.594. The highest BCUT2D eigenvalue weighted by Crippen LogP contribution is 2.32. The Labute approximate surface area is 178 Å². The lowest BCUT2D eigenvalue weighted by atomic mass is 10.1. The highest BCUT2D eigenvalue weighted by Gasteiger charge is 2.29. The summed E-state index contributed by atoms with van der Waals surface area (Å²) in [6.45, 7) is 1.41. The first-order valence-electron chi connectivity index (χ1n) is 8.64. The van der Waals surface area contributed by atoms with Crippen LogP contribution >= 0.6 is 24.0 Å². The molecule has 0 saturated carbocycles. The van der Waals surface area contributed by atoms with Crippen molar-refractivity contribution in [2.45, 2.75) is 19.1 Å². The van der Waals surface area contributed by atoms with Gasteiger partial charge in [-0.25, -0.2) is 0 Å². The first-order chi connectivity index (χ1) is 12.9. The number of nitrogens with one attached hydrogen (secondary N) is 1. The summed E-state index contributed by atoms with van der Waals surface area (Å²) in [5.41, 5.74) is 1.00. The van der Waals surface area contributed by atoms with Gasteiger partial charge in [0.15, 0.2) is 17.5 Å². The van der Waals surface area contributed by atoms with Crippen LogP contribution in [0.25, 0.3) is 10.8 Å². The molecule has 1 heterocycles. The van der Waals surface area contributed by atoms with E-state index >= 15 is 0 Å². The van der Waals surface area contributed by atoms with Crippen LogP contribution in [0.5, 0.6) is 11.5 Å². The molecule has 9 heteroatoms. The van der Waals surface area contributed by atoms with Crippen LogP contribution in [0.2, 0.25) is 0 Å². The number of alkyl halides is 3. The summed E-state index contributed by atoms with van der Waals surface area (Å²) in [4.78, 5) is 5.91. The van der Waals surface area contributed by atoms with Gasteiger partial charge in [0.1, 0.15) is 0 Å². The molecule has 0 unspecified atom stereocenters. The molecule has 0 aromatic heterocycles. The molecule has 154 valence electrons. The summed E-state index contributed by atoms with van der Waals surface area (Å²) in [6.07, 6.45) is -5.00. The molecule has 0 saturated heterocycles. The fraction of sp³-hybridized carbons (Fsp3) is 0.421. The number of hydrogen-bond acceptors (Lipinski definition) is 5. The lowest BCUT2D eigenvalue weighted by molar-refractivity contribution is -0.136. The van der Waals surface area contributed by atoms with Crippen molar-refractivity contribution in [2.24, 2.45) is 4.99 Å². The van der Waals surface area contributed by atoms with Crippen molar-refractivity contribution in [1.29, 1.82) is 0 Å². The SMILES string of the molecule is COc1cc2ccc(CNC3=NCCN3CCC(F)(F)F)cc2cc1OC.I. The molecule has 5 nitrogen and oxygen atoms in total. The van der Waals surface area contributed by atoms with Crippen molar-refractivity contribution in [3.8, 4) is 11.5 Å². The fourth-order valence-corrected chi connectivity index (χ4v) is 3.05. The molecule has 28 heavy (non-hydrogen) atoms. The average Bonchev–Trinajstić information content (AvgIpc) is 3.10. The smallest absolute Gasteiger partial charge is 0.390 e. The predicted molar refractivity (Wildman–Crippen MR) is 114 cm³/mol. The van der Waals surface area contributed by atoms with Gasteiger partial charge in [-0.1, -0.05) is 12.1 Å². The zero-order valence-corrected chi connectivity index (χ0v) is 18.0. The second-order valence-electron chi connectivity index (χ2n) is 6.30. The van der Waals surface area contributed by atoms with E-state index in [1.54, 1.807) is 19.1 Å². The van der Waals surface area contributed by atoms with Crippen LogP contribution < -0.4 is 14.8 Å². The van der Waals surface area contributed by atoms with Crippen molar-refractivity contribution in [2.75, 3.05) is 33.9 Å². The van der Waals surface area contributed by atoms with Gasteiger partial charge in [0, 0.05) is 19.6 Å². The van der Waals surface area contributed by atoms with Crippen molar-refractivity contribution in [1.82, 2.24) is 10.2 Å². The number of rotatable bonds is 6. The summed E-state index contributed by atoms with van der Waals surface area (Å²) < 4.78 is 48.0. The maximum Gasteiger partial charge on any atom is 0.390 e. The normalized spacial score (nSPS) is 13.9. The first kappa shape index (κ1) is 22.4. The second-order valence-corrected chi connectivity index (χ2v) is 6.30. The van der Waals surface area contributed by atoms with Gasteiger partial charge in [0.25, 0.3) is 0 Å². The molecule has 0 bridgehead atoms. The Kier molecular flexibility index (Phi) is 7.62. The zero-order chi connectivity index (χ0) is 19.4. The van der Waals surface area contributed by atoms with Crippen molar-refractivity contribution < 1.29 is 22.6 Å². The van der Waals surface area contributed by atoms with Gasteiger partial charge in [-0.2, -0.15) is 13.2 Å². The Morgan fingerprint density at radius 1 is 1.07 bits per heavy atom. The van der Waals surface area contributed by atoms with Crippen LogP contribution in [-0.2, 0) is 6.54 Å². The van der Waals surface area contributed by atoms with Gasteiger partial charge in [-0.3, -0.25) is 4.99 Å². The standard InChI is InChI=1S/C19H22F3N3O2.HI/c1-26-16-10-14-4-3-13(9-15(14)11-17(16)27-2)12-24-18-23-6-8-25(18)7-5-19(20,21)22;/h3-4,9-11H,5-8,12H2,1-2H3,(H,23,24);1H. The number of halogens is 4. The van der Waals surface area contributed by atoms with Crippen molar-refractivity contribution >= 4 is 40.7 Å². The lowest BCUT2D eigenvalue weighted by Crippen LogP contribution is -2.39. The largest absolute Gasteiger partial charge is 0.493 e. The summed E-state index contributed by atoms with van der Waals surface area (Å²) in [7, 11) is 3.18. The first-order valence-corrected chi connectivity index (χ1v) is 8.64. The number of hydrogen-bond donors (Lipinski definition) is 1. The molecule has 1 aliphatic heterocycles. The molecule has 1 N–H and O–H groups in total. The molecule has 2 aromatic rings. The lowest BCUT2D eigenvalue weighted by Gasteiger charge is -2.21. The molecule has 2 aromatic carbocycles. The molecule has 0 aliphatic carbocycles. The Hall–Kier alpha value is -1.91. The number of methoxy groups -OCH3 is 2. The molecule has 0 radical (unpaired) electrons. The molecule has 3 rings (SSSR count). The van der Waals surface area contributed by atoms with E-state index in [4.69, 9.17) is 9.47 Å². The van der Waals surface area contributed by atoms with Crippen LogP contribution in [0.15, 0.2) is 35.3 Å². The predicted octanol–water partition coefficient (Wildman–Crippen LogP) is 4.19. The van der Waals surface area contributed by atoms with E-state index < -0.39 is 12.6 Å². The van der Waals surface area contributed by atoms with Gasteiger partial charge in [-0.15, -0.1) is 24.0 Å².